The molecule has 0 aliphatic carbocycles. The van der Waals surface area contributed by atoms with Crippen LogP contribution in [0.15, 0.2) is 30.3 Å². The van der Waals surface area contributed by atoms with Crippen LogP contribution in [0.1, 0.15) is 17.7 Å². The Morgan fingerprint density at radius 2 is 1.93 bits per heavy atom. The van der Waals surface area contributed by atoms with E-state index in [0.29, 0.717) is 22.5 Å². The van der Waals surface area contributed by atoms with E-state index >= 15 is 0 Å². The Bertz CT molecular complexity index is 1090. The first-order chi connectivity index (χ1) is 13.5. The van der Waals surface area contributed by atoms with Gasteiger partial charge in [0.25, 0.3) is 5.69 Å². The van der Waals surface area contributed by atoms with E-state index in [-0.39, 0.29) is 5.69 Å². The summed E-state index contributed by atoms with van der Waals surface area (Å²) < 4.78 is 0. The first-order valence-electron chi connectivity index (χ1n) is 9.06. The number of anilines is 2. The molecule has 3 heterocycles. The molecule has 1 N–H and O–H groups in total. The number of rotatable bonds is 3. The number of nitro groups is 1. The summed E-state index contributed by atoms with van der Waals surface area (Å²) in [4.78, 5) is 27.3. The third-order valence-electron chi connectivity index (χ3n) is 4.85. The molecule has 0 radical (unpaired) electrons. The minimum absolute atomic E-state index is 0.0450. The second kappa shape index (κ2) is 7.15. The number of aromatic nitrogens is 3. The number of hydrogen-bond donors (Lipinski definition) is 1. The second-order valence-electron chi connectivity index (χ2n) is 6.81. The lowest BCUT2D eigenvalue weighted by atomic mass is 10.2. The monoisotopic (exact) mass is 377 g/mol. The van der Waals surface area contributed by atoms with E-state index in [0.717, 1.165) is 44.1 Å². The minimum Gasteiger partial charge on any atom is -0.355 e. The van der Waals surface area contributed by atoms with Gasteiger partial charge in [-0.25, -0.2) is 9.97 Å². The van der Waals surface area contributed by atoms with Gasteiger partial charge in [-0.15, -0.1) is 0 Å². The summed E-state index contributed by atoms with van der Waals surface area (Å²) in [6.45, 7) is 5.03. The highest BCUT2D eigenvalue weighted by molar-refractivity contribution is 5.80. The highest BCUT2D eigenvalue weighted by Crippen LogP contribution is 2.24. The summed E-state index contributed by atoms with van der Waals surface area (Å²) >= 11 is 0. The Morgan fingerprint density at radius 3 is 2.71 bits per heavy atom. The Hall–Kier alpha value is -3.67. The summed E-state index contributed by atoms with van der Waals surface area (Å²) in [6, 6.07) is 10.4. The summed E-state index contributed by atoms with van der Waals surface area (Å²) in [5, 5.41) is 20.2. The van der Waals surface area contributed by atoms with Gasteiger partial charge in [-0.1, -0.05) is 0 Å². The lowest BCUT2D eigenvalue weighted by molar-refractivity contribution is -0.384. The zero-order chi connectivity index (χ0) is 19.7. The number of nitro benzene ring substituents is 1. The number of nitrogens with one attached hydrogen (secondary N) is 1. The van der Waals surface area contributed by atoms with Crippen molar-refractivity contribution in [3.63, 3.8) is 0 Å². The number of H-pyrrole nitrogens is 1. The van der Waals surface area contributed by atoms with Crippen molar-refractivity contribution < 1.29 is 4.92 Å². The fraction of sp³-hybridized carbons (Fsp3) is 0.316. The van der Waals surface area contributed by atoms with E-state index in [1.807, 2.05) is 13.0 Å². The molecule has 1 aromatic carbocycles. The molecule has 9 heteroatoms. The zero-order valence-electron chi connectivity index (χ0n) is 15.4. The number of fused-ring (bicyclic) bond motifs is 1. The van der Waals surface area contributed by atoms with Crippen molar-refractivity contribution in [1.82, 2.24) is 15.0 Å². The van der Waals surface area contributed by atoms with E-state index in [9.17, 15) is 15.4 Å². The molecule has 3 aromatic rings. The van der Waals surface area contributed by atoms with Gasteiger partial charge in [-0.2, -0.15) is 5.26 Å². The average Bonchev–Trinajstić information content (AvgIpc) is 2.95. The Balaban J connectivity index is 1.54. The van der Waals surface area contributed by atoms with Gasteiger partial charge in [0.15, 0.2) is 0 Å². The zero-order valence-corrected chi connectivity index (χ0v) is 15.4. The number of nitriles is 1. The third-order valence-corrected chi connectivity index (χ3v) is 4.85. The Kier molecular flexibility index (Phi) is 4.53. The van der Waals surface area contributed by atoms with Crippen LogP contribution in [0.4, 0.5) is 17.5 Å². The molecule has 28 heavy (non-hydrogen) atoms. The number of aromatic amines is 1. The molecule has 1 saturated heterocycles. The van der Waals surface area contributed by atoms with Crippen molar-refractivity contribution in [1.29, 1.82) is 5.26 Å². The number of aryl methyl sites for hydroxylation is 1. The predicted octanol–water partition coefficient (Wildman–Crippen LogP) is 2.76. The van der Waals surface area contributed by atoms with Crippen molar-refractivity contribution in [3.05, 3.63) is 51.7 Å². The van der Waals surface area contributed by atoms with Crippen molar-refractivity contribution in [3.8, 4) is 6.07 Å². The molecule has 1 fully saturated rings. The normalized spacial score (nSPS) is 14.7. The first kappa shape index (κ1) is 17.7. The molecule has 0 amide bonds. The quantitative estimate of drug-likeness (QED) is 0.551. The number of hydrogen-bond acceptors (Lipinski definition) is 7. The van der Waals surface area contributed by atoms with Crippen LogP contribution in [0.25, 0.3) is 11.0 Å². The summed E-state index contributed by atoms with van der Waals surface area (Å²) in [6.07, 6.45) is 0.911. The third kappa shape index (κ3) is 3.44. The predicted molar refractivity (Wildman–Crippen MR) is 105 cm³/mol. The van der Waals surface area contributed by atoms with Crippen LogP contribution in [-0.2, 0) is 0 Å². The topological polar surface area (TPSA) is 115 Å². The van der Waals surface area contributed by atoms with Crippen LogP contribution < -0.4 is 9.80 Å². The summed E-state index contributed by atoms with van der Waals surface area (Å²) in [5.74, 6) is 1.53. The van der Waals surface area contributed by atoms with Crippen LogP contribution >= 0.6 is 0 Å². The van der Waals surface area contributed by atoms with Crippen molar-refractivity contribution in [2.75, 3.05) is 36.0 Å². The molecule has 0 saturated carbocycles. The smallest absolute Gasteiger partial charge is 0.271 e. The average molecular weight is 377 g/mol. The fourth-order valence-electron chi connectivity index (χ4n) is 3.48. The van der Waals surface area contributed by atoms with Crippen molar-refractivity contribution in [2.24, 2.45) is 0 Å². The lowest BCUT2D eigenvalue weighted by Gasteiger charge is -2.23. The fourth-order valence-corrected chi connectivity index (χ4v) is 3.48. The standard InChI is InChI=1S/C19H19N7O2/c1-13-9-14(12-20)10-18(21-13)24-5-2-6-25(8-7-24)19-22-16-4-3-15(26(27)28)11-17(16)23-19/h3-4,9-11H,2,5-8H2,1H3,(H,22,23). The van der Waals surface area contributed by atoms with Crippen LogP contribution in [0.3, 0.4) is 0 Å². The van der Waals surface area contributed by atoms with Gasteiger partial charge in [0.2, 0.25) is 5.95 Å². The van der Waals surface area contributed by atoms with E-state index in [1.165, 1.54) is 12.1 Å². The van der Waals surface area contributed by atoms with Crippen molar-refractivity contribution in [2.45, 2.75) is 13.3 Å². The van der Waals surface area contributed by atoms with Gasteiger partial charge in [0.1, 0.15) is 5.82 Å². The highest BCUT2D eigenvalue weighted by atomic mass is 16.6. The highest BCUT2D eigenvalue weighted by Gasteiger charge is 2.20. The Morgan fingerprint density at radius 1 is 1.14 bits per heavy atom. The van der Waals surface area contributed by atoms with Gasteiger partial charge in [0.05, 0.1) is 27.6 Å². The van der Waals surface area contributed by atoms with Crippen LogP contribution in [-0.4, -0.2) is 46.1 Å². The number of imidazole rings is 1. The largest absolute Gasteiger partial charge is 0.355 e. The molecule has 4 rings (SSSR count). The maximum Gasteiger partial charge on any atom is 0.271 e. The van der Waals surface area contributed by atoms with Crippen LogP contribution in [0, 0.1) is 28.4 Å². The molecule has 9 nitrogen and oxygen atoms in total. The first-order valence-corrected chi connectivity index (χ1v) is 9.06. The number of pyridine rings is 1. The van der Waals surface area contributed by atoms with Gasteiger partial charge in [0, 0.05) is 44.0 Å². The molecular weight excluding hydrogens is 358 g/mol. The van der Waals surface area contributed by atoms with E-state index in [4.69, 9.17) is 0 Å². The molecule has 142 valence electrons. The number of nitrogens with zero attached hydrogens (tertiary/aromatic N) is 6. The van der Waals surface area contributed by atoms with Crippen LogP contribution in [0.5, 0.6) is 0 Å². The van der Waals surface area contributed by atoms with Gasteiger partial charge >= 0.3 is 0 Å². The van der Waals surface area contributed by atoms with E-state index in [1.54, 1.807) is 12.1 Å². The maximum absolute atomic E-state index is 11.0. The molecule has 1 aliphatic rings. The van der Waals surface area contributed by atoms with Crippen molar-refractivity contribution >= 4 is 28.5 Å². The summed E-state index contributed by atoms with van der Waals surface area (Å²) in [5.41, 5.74) is 2.85. The van der Waals surface area contributed by atoms with Gasteiger partial charge in [-0.3, -0.25) is 10.1 Å². The number of non-ortho nitro benzene ring substituents is 1. The maximum atomic E-state index is 11.0. The van der Waals surface area contributed by atoms with Gasteiger partial charge in [-0.05, 0) is 31.5 Å². The molecule has 2 aromatic heterocycles. The summed E-state index contributed by atoms with van der Waals surface area (Å²) in [7, 11) is 0. The minimum atomic E-state index is -0.409. The molecule has 0 bridgehead atoms. The SMILES string of the molecule is Cc1cc(C#N)cc(N2CCCN(c3nc4ccc([N+](=O)[O-])cc4[nH]3)CC2)n1. The second-order valence-corrected chi connectivity index (χ2v) is 6.81. The molecular formula is C19H19N7O2. The molecule has 0 spiro atoms. The molecule has 0 unspecified atom stereocenters. The van der Waals surface area contributed by atoms with E-state index in [2.05, 4.69) is 30.8 Å². The van der Waals surface area contributed by atoms with Gasteiger partial charge < -0.3 is 14.8 Å². The molecule has 0 atom stereocenters. The Labute approximate surface area is 161 Å². The van der Waals surface area contributed by atoms with Crippen LogP contribution in [0.2, 0.25) is 0 Å². The van der Waals surface area contributed by atoms with E-state index < -0.39 is 4.92 Å². The lowest BCUT2D eigenvalue weighted by Crippen LogP contribution is -2.31. The number of benzene rings is 1. The molecule has 1 aliphatic heterocycles.